The molecule has 0 bridgehead atoms. The number of hydrogen-bond acceptors (Lipinski definition) is 5. The normalized spacial score (nSPS) is 14.7. The number of nitrogens with zero attached hydrogens (tertiary/aromatic N) is 2. The third-order valence-electron chi connectivity index (χ3n) is 4.61. The fourth-order valence-corrected chi connectivity index (χ4v) is 4.42. The first-order chi connectivity index (χ1) is 12.5. The summed E-state index contributed by atoms with van der Waals surface area (Å²) in [5.41, 5.74) is 2.76. The minimum absolute atomic E-state index is 0.0494. The third-order valence-corrected chi connectivity index (χ3v) is 6.21. The molecule has 1 heterocycles. The van der Waals surface area contributed by atoms with E-state index in [-0.39, 0.29) is 10.9 Å². The van der Waals surface area contributed by atoms with Crippen molar-refractivity contribution >= 4 is 9.84 Å². The van der Waals surface area contributed by atoms with E-state index < -0.39 is 9.84 Å². The van der Waals surface area contributed by atoms with Gasteiger partial charge >= 0.3 is 0 Å². The van der Waals surface area contributed by atoms with Gasteiger partial charge in [-0.1, -0.05) is 29.8 Å². The predicted molar refractivity (Wildman–Crippen MR) is 101 cm³/mol. The molecule has 0 spiro atoms. The molecule has 0 atom stereocenters. The predicted octanol–water partition coefficient (Wildman–Crippen LogP) is 2.31. The Kier molecular flexibility index (Phi) is 6.11. The number of imidazole rings is 1. The molecule has 0 unspecified atom stereocenters. The second-order valence-electron chi connectivity index (χ2n) is 7.00. The molecule has 1 aliphatic carbocycles. The summed E-state index contributed by atoms with van der Waals surface area (Å²) in [4.78, 5) is 4.25. The number of sulfone groups is 1. The Labute approximate surface area is 155 Å². The molecule has 142 valence electrons. The molecule has 0 amide bonds. The molecule has 7 heteroatoms. The van der Waals surface area contributed by atoms with Crippen molar-refractivity contribution in [2.24, 2.45) is 5.92 Å². The highest BCUT2D eigenvalue weighted by Gasteiger charge is 2.24. The first kappa shape index (κ1) is 19.1. The van der Waals surface area contributed by atoms with Crippen LogP contribution < -0.4 is 5.32 Å². The molecule has 1 N–H and O–H groups in total. The van der Waals surface area contributed by atoms with E-state index >= 15 is 0 Å². The van der Waals surface area contributed by atoms with Crippen molar-refractivity contribution < 1.29 is 13.2 Å². The molecule has 1 saturated carbocycles. The fourth-order valence-electron chi connectivity index (χ4n) is 2.90. The molecule has 1 fully saturated rings. The van der Waals surface area contributed by atoms with Crippen molar-refractivity contribution in [3.05, 3.63) is 47.3 Å². The number of aromatic nitrogens is 2. The van der Waals surface area contributed by atoms with Crippen molar-refractivity contribution in [3.8, 4) is 0 Å². The smallest absolute Gasteiger partial charge is 0.228 e. The van der Waals surface area contributed by atoms with Gasteiger partial charge in [0.15, 0.2) is 0 Å². The molecule has 6 nitrogen and oxygen atoms in total. The standard InChI is InChI=1S/C19H27N3O3S/c1-15-3-5-17(6-4-15)14-26(23,24)19-21-13-18(22(19)9-10-25-2)12-20-11-16-7-8-16/h3-6,13,16,20H,7-12,14H2,1-2H3. The number of ether oxygens (including phenoxy) is 1. The van der Waals surface area contributed by atoms with Gasteiger partial charge in [0, 0.05) is 20.2 Å². The van der Waals surface area contributed by atoms with E-state index in [9.17, 15) is 8.42 Å². The molecule has 1 aromatic heterocycles. The van der Waals surface area contributed by atoms with Gasteiger partial charge < -0.3 is 14.6 Å². The van der Waals surface area contributed by atoms with E-state index in [0.29, 0.717) is 19.7 Å². The number of nitrogens with one attached hydrogen (secondary N) is 1. The van der Waals surface area contributed by atoms with E-state index in [1.807, 2.05) is 31.2 Å². The molecule has 0 aliphatic heterocycles. The zero-order valence-corrected chi connectivity index (χ0v) is 16.3. The van der Waals surface area contributed by atoms with E-state index in [4.69, 9.17) is 4.74 Å². The summed E-state index contributed by atoms with van der Waals surface area (Å²) in [6, 6.07) is 7.56. The van der Waals surface area contributed by atoms with Gasteiger partial charge in [0.05, 0.1) is 24.3 Å². The summed E-state index contributed by atoms with van der Waals surface area (Å²) in [5.74, 6) is 0.724. The number of methoxy groups -OCH3 is 1. The van der Waals surface area contributed by atoms with Crippen LogP contribution in [-0.4, -0.2) is 38.2 Å². The molecule has 3 rings (SSSR count). The highest BCUT2D eigenvalue weighted by atomic mass is 32.2. The zero-order chi connectivity index (χ0) is 18.6. The average molecular weight is 378 g/mol. The Morgan fingerprint density at radius 1 is 1.27 bits per heavy atom. The van der Waals surface area contributed by atoms with Gasteiger partial charge in [-0.2, -0.15) is 0 Å². The second-order valence-corrected chi connectivity index (χ2v) is 8.88. The van der Waals surface area contributed by atoms with Crippen LogP contribution in [0.25, 0.3) is 0 Å². The van der Waals surface area contributed by atoms with Crippen molar-refractivity contribution in [1.29, 1.82) is 0 Å². The third kappa shape index (κ3) is 4.93. The molecule has 1 aromatic carbocycles. The molecule has 0 radical (unpaired) electrons. The first-order valence-electron chi connectivity index (χ1n) is 9.02. The molecule has 2 aromatic rings. The summed E-state index contributed by atoms with van der Waals surface area (Å²) in [5, 5.41) is 3.53. The first-order valence-corrected chi connectivity index (χ1v) is 10.7. The van der Waals surface area contributed by atoms with Gasteiger partial charge in [0.2, 0.25) is 15.0 Å². The summed E-state index contributed by atoms with van der Waals surface area (Å²) in [6.45, 7) is 4.49. The van der Waals surface area contributed by atoms with E-state index in [2.05, 4.69) is 10.3 Å². The highest BCUT2D eigenvalue weighted by Crippen LogP contribution is 2.27. The lowest BCUT2D eigenvalue weighted by molar-refractivity contribution is 0.183. The van der Waals surface area contributed by atoms with Gasteiger partial charge in [-0.25, -0.2) is 13.4 Å². The van der Waals surface area contributed by atoms with E-state index in [1.165, 1.54) is 12.8 Å². The van der Waals surface area contributed by atoms with Crippen molar-refractivity contribution in [3.63, 3.8) is 0 Å². The highest BCUT2D eigenvalue weighted by molar-refractivity contribution is 7.90. The maximum atomic E-state index is 12.9. The Morgan fingerprint density at radius 2 is 2.00 bits per heavy atom. The Balaban J connectivity index is 1.78. The number of rotatable bonds is 10. The van der Waals surface area contributed by atoms with Gasteiger partial charge in [-0.05, 0) is 37.8 Å². The summed E-state index contributed by atoms with van der Waals surface area (Å²) in [7, 11) is -1.91. The lowest BCUT2D eigenvalue weighted by Gasteiger charge is -2.12. The van der Waals surface area contributed by atoms with Gasteiger partial charge in [0.1, 0.15) is 0 Å². The van der Waals surface area contributed by atoms with Crippen LogP contribution >= 0.6 is 0 Å². The van der Waals surface area contributed by atoms with Crippen LogP contribution in [-0.2, 0) is 33.4 Å². The van der Waals surface area contributed by atoms with Gasteiger partial charge in [-0.3, -0.25) is 0 Å². The number of aryl methyl sites for hydroxylation is 1. The maximum absolute atomic E-state index is 12.9. The lowest BCUT2D eigenvalue weighted by atomic mass is 10.2. The van der Waals surface area contributed by atoms with Crippen molar-refractivity contribution in [2.45, 2.75) is 43.8 Å². The number of benzene rings is 1. The van der Waals surface area contributed by atoms with Gasteiger partial charge in [0.25, 0.3) is 0 Å². The topological polar surface area (TPSA) is 73.2 Å². The van der Waals surface area contributed by atoms with Gasteiger partial charge in [-0.15, -0.1) is 0 Å². The fraction of sp³-hybridized carbons (Fsp3) is 0.526. The largest absolute Gasteiger partial charge is 0.383 e. The molecular formula is C19H27N3O3S. The summed E-state index contributed by atoms with van der Waals surface area (Å²) >= 11 is 0. The quantitative estimate of drug-likeness (QED) is 0.688. The van der Waals surface area contributed by atoms with Crippen LogP contribution in [0.15, 0.2) is 35.6 Å². The van der Waals surface area contributed by atoms with Crippen LogP contribution in [0, 0.1) is 12.8 Å². The lowest BCUT2D eigenvalue weighted by Crippen LogP contribution is -2.21. The second kappa shape index (κ2) is 8.33. The van der Waals surface area contributed by atoms with Crippen LogP contribution in [0.3, 0.4) is 0 Å². The minimum Gasteiger partial charge on any atom is -0.383 e. The Bertz CT molecular complexity index is 824. The molecular weight excluding hydrogens is 350 g/mol. The zero-order valence-electron chi connectivity index (χ0n) is 15.4. The summed E-state index contributed by atoms with van der Waals surface area (Å²) < 4.78 is 32.8. The van der Waals surface area contributed by atoms with E-state index in [1.54, 1.807) is 17.9 Å². The number of hydrogen-bond donors (Lipinski definition) is 1. The molecule has 26 heavy (non-hydrogen) atoms. The Morgan fingerprint density at radius 3 is 2.65 bits per heavy atom. The SMILES string of the molecule is COCCn1c(CNCC2CC2)cnc1S(=O)(=O)Cc1ccc(C)cc1. The minimum atomic E-state index is -3.53. The average Bonchev–Trinajstić information content (AvgIpc) is 3.33. The Hall–Kier alpha value is -1.70. The monoisotopic (exact) mass is 377 g/mol. The van der Waals surface area contributed by atoms with Crippen LogP contribution in [0.5, 0.6) is 0 Å². The van der Waals surface area contributed by atoms with Crippen LogP contribution in [0.1, 0.15) is 29.7 Å². The van der Waals surface area contributed by atoms with Crippen molar-refractivity contribution in [1.82, 2.24) is 14.9 Å². The molecule has 1 aliphatic rings. The van der Waals surface area contributed by atoms with Crippen LogP contribution in [0.4, 0.5) is 0 Å². The van der Waals surface area contributed by atoms with Crippen LogP contribution in [0.2, 0.25) is 0 Å². The maximum Gasteiger partial charge on any atom is 0.228 e. The molecule has 0 saturated heterocycles. The summed E-state index contributed by atoms with van der Waals surface area (Å²) in [6.07, 6.45) is 4.23. The van der Waals surface area contributed by atoms with E-state index in [0.717, 1.165) is 29.3 Å². The van der Waals surface area contributed by atoms with Crippen molar-refractivity contribution in [2.75, 3.05) is 20.3 Å².